The number of hydrogen-bond donors (Lipinski definition) is 1. The van der Waals surface area contributed by atoms with Gasteiger partial charge in [-0.05, 0) is 43.3 Å². The van der Waals surface area contributed by atoms with Gasteiger partial charge in [0.2, 0.25) is 5.89 Å². The lowest BCUT2D eigenvalue weighted by molar-refractivity contribution is 0.0925. The molecule has 0 fully saturated rings. The van der Waals surface area contributed by atoms with Crippen LogP contribution in [0.4, 0.5) is 4.39 Å². The van der Waals surface area contributed by atoms with Crippen molar-refractivity contribution in [1.82, 2.24) is 15.5 Å². The second-order valence-electron chi connectivity index (χ2n) is 5.80. The van der Waals surface area contributed by atoms with Crippen molar-refractivity contribution in [3.05, 3.63) is 72.0 Å². The third-order valence-electron chi connectivity index (χ3n) is 3.90. The molecule has 1 N–H and O–H groups in total. The molecule has 7 heteroatoms. The van der Waals surface area contributed by atoms with E-state index in [1.54, 1.807) is 19.1 Å². The third-order valence-corrected chi connectivity index (χ3v) is 3.90. The Morgan fingerprint density at radius 2 is 1.92 bits per heavy atom. The zero-order chi connectivity index (χ0) is 18.1. The van der Waals surface area contributed by atoms with Crippen LogP contribution in [0.3, 0.4) is 0 Å². The van der Waals surface area contributed by atoms with E-state index >= 15 is 0 Å². The van der Waals surface area contributed by atoms with Gasteiger partial charge in [-0.1, -0.05) is 17.3 Å². The molecule has 0 spiro atoms. The van der Waals surface area contributed by atoms with E-state index in [-0.39, 0.29) is 11.5 Å². The lowest BCUT2D eigenvalue weighted by atomic mass is 10.1. The molecule has 1 unspecified atom stereocenters. The van der Waals surface area contributed by atoms with Gasteiger partial charge < -0.3 is 14.3 Å². The van der Waals surface area contributed by atoms with Crippen molar-refractivity contribution < 1.29 is 18.1 Å². The highest BCUT2D eigenvalue weighted by Crippen LogP contribution is 2.22. The van der Waals surface area contributed by atoms with Crippen molar-refractivity contribution in [2.45, 2.75) is 13.0 Å². The van der Waals surface area contributed by atoms with Gasteiger partial charge in [-0.2, -0.15) is 0 Å². The van der Waals surface area contributed by atoms with Crippen molar-refractivity contribution in [3.63, 3.8) is 0 Å². The number of benzene rings is 2. The number of amides is 1. The fourth-order valence-corrected chi connectivity index (χ4v) is 2.54. The number of rotatable bonds is 4. The molecule has 130 valence electrons. The van der Waals surface area contributed by atoms with Crippen molar-refractivity contribution >= 4 is 17.0 Å². The Morgan fingerprint density at radius 3 is 2.69 bits per heavy atom. The molecule has 2 aromatic carbocycles. The van der Waals surface area contributed by atoms with Gasteiger partial charge in [0.25, 0.3) is 5.91 Å². The highest BCUT2D eigenvalue weighted by molar-refractivity contribution is 5.93. The molecule has 1 amide bonds. The number of halogens is 1. The minimum atomic E-state index is -0.444. The van der Waals surface area contributed by atoms with E-state index in [4.69, 9.17) is 8.94 Å². The quantitative estimate of drug-likeness (QED) is 0.598. The number of nitrogens with zero attached hydrogens (tertiary/aromatic N) is 2. The minimum absolute atomic E-state index is 0.118. The summed E-state index contributed by atoms with van der Waals surface area (Å²) in [6.07, 6.45) is 0. The Balaban J connectivity index is 1.50. The van der Waals surface area contributed by atoms with E-state index in [1.165, 1.54) is 18.2 Å². The summed E-state index contributed by atoms with van der Waals surface area (Å²) in [5.41, 5.74) is 2.13. The molecule has 26 heavy (non-hydrogen) atoms. The molecule has 0 aliphatic heterocycles. The number of fused-ring (bicyclic) bond motifs is 1. The molecule has 0 saturated heterocycles. The van der Waals surface area contributed by atoms with Crippen LogP contribution in [0.25, 0.3) is 22.4 Å². The van der Waals surface area contributed by atoms with Gasteiger partial charge in [0.15, 0.2) is 17.0 Å². The Labute approximate surface area is 147 Å². The van der Waals surface area contributed by atoms with E-state index in [9.17, 15) is 9.18 Å². The van der Waals surface area contributed by atoms with Crippen LogP contribution < -0.4 is 5.32 Å². The zero-order valence-corrected chi connectivity index (χ0v) is 13.8. The van der Waals surface area contributed by atoms with E-state index in [2.05, 4.69) is 15.5 Å². The molecule has 2 aromatic heterocycles. The average molecular weight is 351 g/mol. The number of aromatic nitrogens is 2. The van der Waals surface area contributed by atoms with E-state index in [0.29, 0.717) is 22.8 Å². The molecule has 0 saturated carbocycles. The van der Waals surface area contributed by atoms with Gasteiger partial charge in [0, 0.05) is 11.6 Å². The summed E-state index contributed by atoms with van der Waals surface area (Å²) in [4.78, 5) is 16.7. The van der Waals surface area contributed by atoms with Crippen LogP contribution in [0.15, 0.2) is 63.5 Å². The van der Waals surface area contributed by atoms with Gasteiger partial charge in [-0.3, -0.25) is 4.79 Å². The molecular formula is C19H14FN3O3. The number of carbonyl (C=O) groups is 1. The first-order chi connectivity index (χ1) is 12.6. The third kappa shape index (κ3) is 3.06. The Hall–Kier alpha value is -3.48. The second kappa shape index (κ2) is 6.44. The standard InChI is InChI=1S/C19H14FN3O3/c1-11(19-22-14-4-2-3-5-16(14)25-19)21-18(24)15-10-17(26-23-15)12-6-8-13(20)9-7-12/h2-11H,1H3,(H,21,24). The van der Waals surface area contributed by atoms with E-state index in [0.717, 1.165) is 5.52 Å². The largest absolute Gasteiger partial charge is 0.438 e. The summed E-state index contributed by atoms with van der Waals surface area (Å²) in [5, 5.41) is 6.54. The maximum atomic E-state index is 13.0. The lowest BCUT2D eigenvalue weighted by Gasteiger charge is -2.08. The number of carbonyl (C=O) groups excluding carboxylic acids is 1. The monoisotopic (exact) mass is 351 g/mol. The van der Waals surface area contributed by atoms with Gasteiger partial charge in [0.1, 0.15) is 17.4 Å². The second-order valence-corrected chi connectivity index (χ2v) is 5.80. The highest BCUT2D eigenvalue weighted by atomic mass is 19.1. The number of nitrogens with one attached hydrogen (secondary N) is 1. The minimum Gasteiger partial charge on any atom is -0.438 e. The molecule has 0 aliphatic carbocycles. The Morgan fingerprint density at radius 1 is 1.15 bits per heavy atom. The summed E-state index contributed by atoms with van der Waals surface area (Å²) < 4.78 is 23.8. The SMILES string of the molecule is CC(NC(=O)c1cc(-c2ccc(F)cc2)on1)c1nc2ccccc2o1. The lowest BCUT2D eigenvalue weighted by Crippen LogP contribution is -2.27. The average Bonchev–Trinajstić information content (AvgIpc) is 3.29. The van der Waals surface area contributed by atoms with Crippen LogP contribution in [0.2, 0.25) is 0 Å². The predicted octanol–water partition coefficient (Wildman–Crippen LogP) is 4.11. The van der Waals surface area contributed by atoms with Crippen LogP contribution in [-0.4, -0.2) is 16.0 Å². The molecule has 2 heterocycles. The van der Waals surface area contributed by atoms with Crippen molar-refractivity contribution in [2.75, 3.05) is 0 Å². The summed E-state index contributed by atoms with van der Waals surface area (Å²) in [7, 11) is 0. The van der Waals surface area contributed by atoms with Crippen molar-refractivity contribution in [3.8, 4) is 11.3 Å². The Bertz CT molecular complexity index is 1040. The molecule has 0 radical (unpaired) electrons. The summed E-state index contributed by atoms with van der Waals surface area (Å²) >= 11 is 0. The van der Waals surface area contributed by atoms with Crippen LogP contribution in [-0.2, 0) is 0 Å². The first-order valence-corrected chi connectivity index (χ1v) is 7.99. The fraction of sp³-hybridized carbons (Fsp3) is 0.105. The predicted molar refractivity (Wildman–Crippen MR) is 91.8 cm³/mol. The molecule has 4 aromatic rings. The first kappa shape index (κ1) is 16.0. The highest BCUT2D eigenvalue weighted by Gasteiger charge is 2.19. The maximum absolute atomic E-state index is 13.0. The molecular weight excluding hydrogens is 337 g/mol. The topological polar surface area (TPSA) is 81.2 Å². The van der Waals surface area contributed by atoms with Gasteiger partial charge in [-0.25, -0.2) is 9.37 Å². The van der Waals surface area contributed by atoms with E-state index < -0.39 is 11.9 Å². The number of oxazole rings is 1. The Kier molecular flexibility index (Phi) is 3.96. The smallest absolute Gasteiger partial charge is 0.274 e. The zero-order valence-electron chi connectivity index (χ0n) is 13.8. The van der Waals surface area contributed by atoms with Gasteiger partial charge >= 0.3 is 0 Å². The molecule has 0 aliphatic rings. The molecule has 4 rings (SSSR count). The van der Waals surface area contributed by atoms with Crippen molar-refractivity contribution in [2.24, 2.45) is 0 Å². The van der Waals surface area contributed by atoms with Crippen LogP contribution in [0.1, 0.15) is 29.3 Å². The van der Waals surface area contributed by atoms with Crippen LogP contribution in [0, 0.1) is 5.82 Å². The number of hydrogen-bond acceptors (Lipinski definition) is 5. The fourth-order valence-electron chi connectivity index (χ4n) is 2.54. The van der Waals surface area contributed by atoms with Crippen LogP contribution >= 0.6 is 0 Å². The summed E-state index contributed by atoms with van der Waals surface area (Å²) in [5.74, 6) is 0.0155. The van der Waals surface area contributed by atoms with E-state index in [1.807, 2.05) is 24.3 Å². The summed E-state index contributed by atoms with van der Waals surface area (Å²) in [6.45, 7) is 1.77. The molecule has 1 atom stereocenters. The van der Waals surface area contributed by atoms with Gasteiger partial charge in [-0.15, -0.1) is 0 Å². The molecule has 6 nitrogen and oxygen atoms in total. The summed E-state index contributed by atoms with van der Waals surface area (Å²) in [6, 6.07) is 14.2. The van der Waals surface area contributed by atoms with Gasteiger partial charge in [0.05, 0.1) is 0 Å². The normalized spacial score (nSPS) is 12.2. The van der Waals surface area contributed by atoms with Crippen LogP contribution in [0.5, 0.6) is 0 Å². The molecule has 0 bridgehead atoms. The number of para-hydroxylation sites is 2. The maximum Gasteiger partial charge on any atom is 0.274 e. The van der Waals surface area contributed by atoms with Crippen molar-refractivity contribution in [1.29, 1.82) is 0 Å². The first-order valence-electron chi connectivity index (χ1n) is 7.99.